The molecule has 0 heterocycles. The molecule has 0 aromatic rings. The Morgan fingerprint density at radius 1 is 0.476 bits per heavy atom. The van der Waals surface area contributed by atoms with Gasteiger partial charge in [0.05, 0.1) is 0 Å². The molecule has 0 aliphatic heterocycles. The molecule has 9 heteroatoms. The molecule has 2 saturated carbocycles. The van der Waals surface area contributed by atoms with Crippen LogP contribution in [0.1, 0.15) is 51.4 Å². The molecule has 0 spiro atoms. The minimum atomic E-state index is 0. The predicted molar refractivity (Wildman–Crippen MR) is 78.6 cm³/mol. The summed E-state index contributed by atoms with van der Waals surface area (Å²) >= 11 is 0. The van der Waals surface area contributed by atoms with Crippen LogP contribution in [0.15, 0.2) is 0 Å². The van der Waals surface area contributed by atoms with Crippen molar-refractivity contribution in [3.05, 3.63) is 0 Å². The van der Waals surface area contributed by atoms with E-state index in [0.29, 0.717) is 0 Å². The minimum Gasteiger partial charge on any atom is -1.00 e. The van der Waals surface area contributed by atoms with Crippen molar-refractivity contribution in [1.29, 1.82) is 0 Å². The molecule has 0 aromatic carbocycles. The minimum absolute atomic E-state index is 0. The number of rotatable bonds is 0. The summed E-state index contributed by atoms with van der Waals surface area (Å²) in [6.45, 7) is 0. The maximum atomic E-state index is 5.65. The summed E-state index contributed by atoms with van der Waals surface area (Å²) in [7, 11) is 0. The summed E-state index contributed by atoms with van der Waals surface area (Å²) in [5, 5.41) is 0. The van der Waals surface area contributed by atoms with Gasteiger partial charge in [-0.2, -0.15) is 0 Å². The Morgan fingerprint density at radius 2 is 0.619 bits per heavy atom. The first kappa shape index (κ1) is 33.5. The number of hydrogen-bond donors (Lipinski definition) is 4. The molecule has 14 N–H and O–H groups in total. The zero-order valence-corrected chi connectivity index (χ0v) is 17.4. The second kappa shape index (κ2) is 19.0. The standard InChI is InChI=1S/2C6H14N2.2ClH.2H2O.Zn/c2*7-5-3-1-2-4-6(5)8;;;;;/h2*5-6H,1-4,7-8H2;2*1H;2*1H2;/q;;;;;;+2/t2*5-,6-;;;;;/m10...../s1. The van der Waals surface area contributed by atoms with Gasteiger partial charge in [0.1, 0.15) is 0 Å². The van der Waals surface area contributed by atoms with Gasteiger partial charge in [0, 0.05) is 24.2 Å². The van der Waals surface area contributed by atoms with Crippen LogP contribution in [0, 0.1) is 0 Å². The number of halogens is 2. The molecular weight excluding hydrogens is 368 g/mol. The fourth-order valence-corrected chi connectivity index (χ4v) is 2.38. The van der Waals surface area contributed by atoms with Gasteiger partial charge < -0.3 is 58.7 Å². The SMILES string of the molecule is N[C@@H]1CCCC[C@H]1N.N[C@H]1CCCC[C@@H]1N.[Cl-].[Cl-].[OH3+].[OH3+].[Zn+2]. The van der Waals surface area contributed by atoms with E-state index in [0.717, 1.165) is 25.7 Å². The Kier molecular flexibility index (Phi) is 30.4. The van der Waals surface area contributed by atoms with Crippen LogP contribution in [0.25, 0.3) is 0 Å². The first-order valence-corrected chi connectivity index (χ1v) is 6.63. The van der Waals surface area contributed by atoms with Gasteiger partial charge in [-0.05, 0) is 25.7 Å². The Labute approximate surface area is 153 Å². The molecule has 2 aliphatic rings. The van der Waals surface area contributed by atoms with E-state index in [1.165, 1.54) is 25.7 Å². The largest absolute Gasteiger partial charge is 2.00 e. The molecule has 0 radical (unpaired) electrons. The van der Waals surface area contributed by atoms with E-state index in [4.69, 9.17) is 22.9 Å². The maximum Gasteiger partial charge on any atom is 2.00 e. The molecule has 4 atom stereocenters. The average molecular weight is 403 g/mol. The Bertz CT molecular complexity index is 170. The normalized spacial score (nSPS) is 30.3. The van der Waals surface area contributed by atoms with E-state index >= 15 is 0 Å². The van der Waals surface area contributed by atoms with Crippen molar-refractivity contribution < 1.29 is 55.2 Å². The molecule has 6 nitrogen and oxygen atoms in total. The maximum absolute atomic E-state index is 5.65. The van der Waals surface area contributed by atoms with Gasteiger partial charge in [-0.1, -0.05) is 25.7 Å². The van der Waals surface area contributed by atoms with Crippen LogP contribution in [-0.4, -0.2) is 24.2 Å². The quantitative estimate of drug-likeness (QED) is 0.233. The summed E-state index contributed by atoms with van der Waals surface area (Å²) in [6.07, 6.45) is 9.60. The van der Waals surface area contributed by atoms with Gasteiger partial charge in [-0.3, -0.25) is 0 Å². The van der Waals surface area contributed by atoms with Crippen LogP contribution in [0.2, 0.25) is 0 Å². The topological polar surface area (TPSA) is 170 Å². The second-order valence-electron chi connectivity index (χ2n) is 5.22. The smallest absolute Gasteiger partial charge is 1.00 e. The fourth-order valence-electron chi connectivity index (χ4n) is 2.38. The summed E-state index contributed by atoms with van der Waals surface area (Å²) in [6, 6.07) is 1.12. The van der Waals surface area contributed by atoms with E-state index in [1.807, 2.05) is 0 Å². The molecule has 0 bridgehead atoms. The first-order chi connectivity index (χ1) is 7.61. The average Bonchev–Trinajstić information content (AvgIpc) is 2.28. The molecule has 0 saturated heterocycles. The number of nitrogens with two attached hydrogens (primary N) is 4. The van der Waals surface area contributed by atoms with Crippen LogP contribution in [0.3, 0.4) is 0 Å². The molecule has 2 rings (SSSR count). The van der Waals surface area contributed by atoms with Crippen molar-refractivity contribution in [2.75, 3.05) is 0 Å². The zero-order chi connectivity index (χ0) is 12.0. The molecule has 128 valence electrons. The summed E-state index contributed by atoms with van der Waals surface area (Å²) < 4.78 is 0. The third-order valence-corrected chi connectivity index (χ3v) is 3.75. The molecular formula is C12H34Cl2N4O2Zn+2. The van der Waals surface area contributed by atoms with Gasteiger partial charge >= 0.3 is 19.5 Å². The van der Waals surface area contributed by atoms with Crippen molar-refractivity contribution in [2.24, 2.45) is 22.9 Å². The van der Waals surface area contributed by atoms with E-state index in [-0.39, 0.29) is 79.4 Å². The van der Waals surface area contributed by atoms with Crippen LogP contribution in [0.4, 0.5) is 0 Å². The van der Waals surface area contributed by atoms with Crippen molar-refractivity contribution in [2.45, 2.75) is 75.5 Å². The van der Waals surface area contributed by atoms with Crippen LogP contribution < -0.4 is 47.7 Å². The van der Waals surface area contributed by atoms with Gasteiger partial charge in [-0.15, -0.1) is 0 Å². The Hall–Kier alpha value is 0.963. The molecule has 21 heavy (non-hydrogen) atoms. The Morgan fingerprint density at radius 3 is 0.714 bits per heavy atom. The van der Waals surface area contributed by atoms with E-state index < -0.39 is 0 Å². The van der Waals surface area contributed by atoms with E-state index in [2.05, 4.69) is 0 Å². The second-order valence-corrected chi connectivity index (χ2v) is 5.22. The first-order valence-electron chi connectivity index (χ1n) is 6.63. The van der Waals surface area contributed by atoms with E-state index in [1.54, 1.807) is 0 Å². The molecule has 2 aliphatic carbocycles. The third kappa shape index (κ3) is 14.3. The van der Waals surface area contributed by atoms with Crippen molar-refractivity contribution in [3.63, 3.8) is 0 Å². The zero-order valence-electron chi connectivity index (χ0n) is 12.9. The van der Waals surface area contributed by atoms with Crippen molar-refractivity contribution >= 4 is 0 Å². The predicted octanol–water partition coefficient (Wildman–Crippen LogP) is -7.41. The van der Waals surface area contributed by atoms with Gasteiger partial charge in [0.25, 0.3) is 0 Å². The summed E-state index contributed by atoms with van der Waals surface area (Å²) in [5.74, 6) is 0. The van der Waals surface area contributed by atoms with Gasteiger partial charge in [-0.25, -0.2) is 0 Å². The van der Waals surface area contributed by atoms with Crippen molar-refractivity contribution in [1.82, 2.24) is 0 Å². The number of hydrogen-bond acceptors (Lipinski definition) is 4. The molecule has 2 fully saturated rings. The Balaban J connectivity index is -0.0000000656. The van der Waals surface area contributed by atoms with Crippen LogP contribution >= 0.6 is 0 Å². The molecule has 0 unspecified atom stereocenters. The summed E-state index contributed by atoms with van der Waals surface area (Å²) in [4.78, 5) is 0. The van der Waals surface area contributed by atoms with Crippen molar-refractivity contribution in [3.8, 4) is 0 Å². The van der Waals surface area contributed by atoms with Gasteiger partial charge in [0.2, 0.25) is 0 Å². The van der Waals surface area contributed by atoms with Gasteiger partial charge in [0.15, 0.2) is 0 Å². The molecule has 0 aromatic heterocycles. The van der Waals surface area contributed by atoms with Crippen LogP contribution in [-0.2, 0) is 30.4 Å². The monoisotopic (exact) mass is 400 g/mol. The van der Waals surface area contributed by atoms with E-state index in [9.17, 15) is 0 Å². The third-order valence-electron chi connectivity index (χ3n) is 3.75. The van der Waals surface area contributed by atoms with Crippen LogP contribution in [0.5, 0.6) is 0 Å². The molecule has 0 amide bonds. The fraction of sp³-hybridized carbons (Fsp3) is 1.00. The summed E-state index contributed by atoms with van der Waals surface area (Å²) in [5.41, 5.74) is 22.6.